The number of rotatable bonds is 2. The second-order valence-corrected chi connectivity index (χ2v) is 4.90. The molecule has 0 saturated carbocycles. The number of aromatic hydroxyl groups is 1. The van der Waals surface area contributed by atoms with Crippen molar-refractivity contribution in [3.05, 3.63) is 47.0 Å². The molecule has 0 atom stereocenters. The first-order valence-electron chi connectivity index (χ1n) is 5.93. The van der Waals surface area contributed by atoms with E-state index in [1.807, 2.05) is 24.5 Å². The molecule has 1 aromatic carbocycles. The molecule has 0 aliphatic carbocycles. The van der Waals surface area contributed by atoms with Crippen LogP contribution in [0.1, 0.15) is 11.4 Å². The molecule has 0 fully saturated rings. The Morgan fingerprint density at radius 1 is 1.33 bits per heavy atom. The lowest BCUT2D eigenvalue weighted by Crippen LogP contribution is -2.33. The van der Waals surface area contributed by atoms with Gasteiger partial charge in [0.2, 0.25) is 0 Å². The van der Waals surface area contributed by atoms with Gasteiger partial charge in [0.15, 0.2) is 0 Å². The molecule has 0 saturated heterocycles. The zero-order valence-corrected chi connectivity index (χ0v) is 10.6. The molecule has 1 N–H and O–H groups in total. The molecule has 0 radical (unpaired) electrons. The molecule has 3 rings (SSSR count). The van der Waals surface area contributed by atoms with Crippen molar-refractivity contribution in [2.45, 2.75) is 19.6 Å². The summed E-state index contributed by atoms with van der Waals surface area (Å²) in [6.07, 6.45) is 3.83. The third-order valence-electron chi connectivity index (χ3n) is 3.29. The topological polar surface area (TPSA) is 41.3 Å². The van der Waals surface area contributed by atoms with Gasteiger partial charge in [-0.2, -0.15) is 0 Å². The molecule has 2 heterocycles. The summed E-state index contributed by atoms with van der Waals surface area (Å²) in [4.78, 5) is 6.58. The lowest BCUT2D eigenvalue weighted by atomic mass is 10.2. The van der Waals surface area contributed by atoms with E-state index in [2.05, 4.69) is 14.5 Å². The highest BCUT2D eigenvalue weighted by atomic mass is 35.5. The van der Waals surface area contributed by atoms with E-state index in [4.69, 9.17) is 11.6 Å². The van der Waals surface area contributed by atoms with Gasteiger partial charge in [0.05, 0.1) is 11.6 Å². The fourth-order valence-corrected chi connectivity index (χ4v) is 2.48. The van der Waals surface area contributed by atoms with E-state index in [-0.39, 0.29) is 5.75 Å². The third-order valence-corrected chi connectivity index (χ3v) is 3.59. The van der Waals surface area contributed by atoms with E-state index in [0.717, 1.165) is 31.0 Å². The number of nitrogens with zero attached hydrogens (tertiary/aromatic N) is 3. The van der Waals surface area contributed by atoms with Gasteiger partial charge >= 0.3 is 0 Å². The molecule has 1 aromatic heterocycles. The van der Waals surface area contributed by atoms with Crippen molar-refractivity contribution in [3.63, 3.8) is 0 Å². The maximum Gasteiger partial charge on any atom is 0.138 e. The highest BCUT2D eigenvalue weighted by Gasteiger charge is 2.18. The second kappa shape index (κ2) is 4.63. The number of halogens is 1. The van der Waals surface area contributed by atoms with Gasteiger partial charge in [0.25, 0.3) is 0 Å². The Hall–Kier alpha value is -1.52. The molecule has 2 aromatic rings. The molecular formula is C13H14ClN3O. The van der Waals surface area contributed by atoms with Crippen LogP contribution in [0.5, 0.6) is 5.75 Å². The van der Waals surface area contributed by atoms with E-state index in [1.54, 1.807) is 6.07 Å². The number of fused-ring (bicyclic) bond motifs is 1. The van der Waals surface area contributed by atoms with Crippen LogP contribution < -0.4 is 0 Å². The van der Waals surface area contributed by atoms with Crippen LogP contribution in [-0.2, 0) is 19.6 Å². The first-order chi connectivity index (χ1) is 8.74. The molecule has 18 heavy (non-hydrogen) atoms. The van der Waals surface area contributed by atoms with E-state index < -0.39 is 0 Å². The standard InChI is InChI=1S/C13H14ClN3O/c14-11-3-1-2-10(13(11)18)8-16-6-7-17-5-4-15-12(17)9-16/h1-5,18H,6-9H2. The van der Waals surface area contributed by atoms with Crippen LogP contribution >= 0.6 is 11.6 Å². The summed E-state index contributed by atoms with van der Waals surface area (Å²) < 4.78 is 2.16. The Bertz CT molecular complexity index is 567. The predicted octanol–water partition coefficient (Wildman–Crippen LogP) is 2.26. The quantitative estimate of drug-likeness (QED) is 0.904. The van der Waals surface area contributed by atoms with Gasteiger partial charge in [-0.3, -0.25) is 4.90 Å². The van der Waals surface area contributed by atoms with Crippen LogP contribution in [0.2, 0.25) is 5.02 Å². The normalized spacial score (nSPS) is 15.6. The SMILES string of the molecule is Oc1c(Cl)cccc1CN1CCn2ccnc2C1. The van der Waals surface area contributed by atoms with Crippen LogP contribution in [0.25, 0.3) is 0 Å². The summed E-state index contributed by atoms with van der Waals surface area (Å²) in [5, 5.41) is 10.3. The minimum atomic E-state index is 0.188. The molecule has 1 aliphatic rings. The lowest BCUT2D eigenvalue weighted by molar-refractivity contribution is 0.206. The van der Waals surface area contributed by atoms with Crippen molar-refractivity contribution in [1.82, 2.24) is 14.5 Å². The molecule has 5 heteroatoms. The Morgan fingerprint density at radius 3 is 3.11 bits per heavy atom. The number of hydrogen-bond donors (Lipinski definition) is 1. The van der Waals surface area contributed by atoms with Crippen molar-refractivity contribution in [2.75, 3.05) is 6.54 Å². The van der Waals surface area contributed by atoms with E-state index in [0.29, 0.717) is 11.6 Å². The fraction of sp³-hybridized carbons (Fsp3) is 0.308. The van der Waals surface area contributed by atoms with Crippen LogP contribution in [0.3, 0.4) is 0 Å². The summed E-state index contributed by atoms with van der Waals surface area (Å²) in [7, 11) is 0. The van der Waals surface area contributed by atoms with Crippen LogP contribution in [0.4, 0.5) is 0 Å². The van der Waals surface area contributed by atoms with E-state index >= 15 is 0 Å². The Balaban J connectivity index is 1.77. The highest BCUT2D eigenvalue weighted by molar-refractivity contribution is 6.32. The zero-order chi connectivity index (χ0) is 12.5. The minimum Gasteiger partial charge on any atom is -0.506 e. The van der Waals surface area contributed by atoms with Crippen molar-refractivity contribution in [1.29, 1.82) is 0 Å². The average molecular weight is 264 g/mol. The van der Waals surface area contributed by atoms with Gasteiger partial charge in [-0.1, -0.05) is 23.7 Å². The zero-order valence-electron chi connectivity index (χ0n) is 9.88. The predicted molar refractivity (Wildman–Crippen MR) is 69.5 cm³/mol. The summed E-state index contributed by atoms with van der Waals surface area (Å²) in [5.74, 6) is 1.26. The largest absolute Gasteiger partial charge is 0.506 e. The number of phenolic OH excluding ortho intramolecular Hbond substituents is 1. The Morgan fingerprint density at radius 2 is 2.22 bits per heavy atom. The summed E-state index contributed by atoms with van der Waals surface area (Å²) in [6.45, 7) is 3.39. The number of benzene rings is 1. The smallest absolute Gasteiger partial charge is 0.138 e. The van der Waals surface area contributed by atoms with Gasteiger partial charge in [0, 0.05) is 37.6 Å². The van der Waals surface area contributed by atoms with Crippen molar-refractivity contribution in [3.8, 4) is 5.75 Å². The van der Waals surface area contributed by atoms with Gasteiger partial charge in [0.1, 0.15) is 11.6 Å². The molecule has 0 bridgehead atoms. The van der Waals surface area contributed by atoms with Crippen LogP contribution in [0, 0.1) is 0 Å². The molecule has 0 unspecified atom stereocenters. The third kappa shape index (κ3) is 2.09. The van der Waals surface area contributed by atoms with E-state index in [9.17, 15) is 5.11 Å². The van der Waals surface area contributed by atoms with Gasteiger partial charge in [-0.05, 0) is 6.07 Å². The number of phenols is 1. The van der Waals surface area contributed by atoms with Crippen molar-refractivity contribution >= 4 is 11.6 Å². The lowest BCUT2D eigenvalue weighted by Gasteiger charge is -2.27. The maximum absolute atomic E-state index is 9.90. The first-order valence-corrected chi connectivity index (χ1v) is 6.30. The molecule has 94 valence electrons. The van der Waals surface area contributed by atoms with Crippen molar-refractivity contribution < 1.29 is 5.11 Å². The van der Waals surface area contributed by atoms with Crippen LogP contribution in [-0.4, -0.2) is 26.1 Å². The maximum atomic E-state index is 9.90. The van der Waals surface area contributed by atoms with Gasteiger partial charge in [-0.25, -0.2) is 4.98 Å². The minimum absolute atomic E-state index is 0.188. The Kier molecular flexibility index (Phi) is 2.97. The van der Waals surface area contributed by atoms with Gasteiger partial charge < -0.3 is 9.67 Å². The molecular weight excluding hydrogens is 250 g/mol. The molecule has 0 spiro atoms. The molecule has 1 aliphatic heterocycles. The first kappa shape index (κ1) is 11.6. The Labute approximate surface area is 110 Å². The van der Waals surface area contributed by atoms with Crippen molar-refractivity contribution in [2.24, 2.45) is 0 Å². The fourth-order valence-electron chi connectivity index (χ4n) is 2.29. The summed E-state index contributed by atoms with van der Waals surface area (Å²) in [5.41, 5.74) is 0.863. The number of imidazole rings is 1. The number of para-hydroxylation sites is 1. The number of hydrogen-bond acceptors (Lipinski definition) is 3. The van der Waals surface area contributed by atoms with Gasteiger partial charge in [-0.15, -0.1) is 0 Å². The highest BCUT2D eigenvalue weighted by Crippen LogP contribution is 2.28. The van der Waals surface area contributed by atoms with Crippen LogP contribution in [0.15, 0.2) is 30.6 Å². The molecule has 0 amide bonds. The number of aromatic nitrogens is 2. The average Bonchev–Trinajstić information content (AvgIpc) is 2.82. The summed E-state index contributed by atoms with van der Waals surface area (Å²) >= 11 is 5.91. The monoisotopic (exact) mass is 263 g/mol. The molecule has 4 nitrogen and oxygen atoms in total. The van der Waals surface area contributed by atoms with E-state index in [1.165, 1.54) is 0 Å². The second-order valence-electron chi connectivity index (χ2n) is 4.50. The summed E-state index contributed by atoms with van der Waals surface area (Å²) in [6, 6.07) is 5.47.